The highest BCUT2D eigenvalue weighted by atomic mass is 32.2. The van der Waals surface area contributed by atoms with E-state index in [1.165, 1.54) is 17.7 Å². The lowest BCUT2D eigenvalue weighted by Crippen LogP contribution is -2.22. The molecule has 2 aromatic rings. The molecule has 2 atom stereocenters. The van der Waals surface area contributed by atoms with Crippen molar-refractivity contribution in [3.8, 4) is 0 Å². The van der Waals surface area contributed by atoms with E-state index in [-0.39, 0.29) is 17.1 Å². The summed E-state index contributed by atoms with van der Waals surface area (Å²) in [5.41, 5.74) is 7.25. The summed E-state index contributed by atoms with van der Waals surface area (Å²) < 4.78 is 12.9. The van der Waals surface area contributed by atoms with Gasteiger partial charge in [0.05, 0.1) is 0 Å². The van der Waals surface area contributed by atoms with Crippen LogP contribution in [0, 0.1) is 5.82 Å². The highest BCUT2D eigenvalue weighted by molar-refractivity contribution is 7.99. The summed E-state index contributed by atoms with van der Waals surface area (Å²) in [6.07, 6.45) is 0. The second-order valence-electron chi connectivity index (χ2n) is 4.26. The number of hydrogen-bond acceptors (Lipinski definition) is 2. The zero-order valence-corrected chi connectivity index (χ0v) is 11.0. The Morgan fingerprint density at radius 1 is 1.00 bits per heavy atom. The first-order valence-corrected chi connectivity index (χ1v) is 6.77. The molecule has 0 spiro atoms. The van der Waals surface area contributed by atoms with Gasteiger partial charge >= 0.3 is 0 Å². The first-order chi connectivity index (χ1) is 8.66. The van der Waals surface area contributed by atoms with Crippen LogP contribution in [0.25, 0.3) is 0 Å². The van der Waals surface area contributed by atoms with Crippen LogP contribution in [-0.4, -0.2) is 6.04 Å². The number of hydrogen-bond donors (Lipinski definition) is 1. The van der Waals surface area contributed by atoms with Gasteiger partial charge in [0.25, 0.3) is 0 Å². The number of rotatable bonds is 4. The minimum atomic E-state index is -0.212. The van der Waals surface area contributed by atoms with Crippen molar-refractivity contribution in [3.05, 3.63) is 66.0 Å². The summed E-state index contributed by atoms with van der Waals surface area (Å²) in [7, 11) is 0. The Hall–Kier alpha value is -1.32. The standard InChI is InChI=1S/C15H16FNS/c1-11(17)15(12-5-3-2-4-6-12)18-14-9-7-13(16)8-10-14/h2-11,15H,17H2,1H3. The molecule has 0 bridgehead atoms. The van der Waals surface area contributed by atoms with Crippen molar-refractivity contribution in [3.63, 3.8) is 0 Å². The highest BCUT2D eigenvalue weighted by Gasteiger charge is 2.17. The Kier molecular flexibility index (Phi) is 4.39. The quantitative estimate of drug-likeness (QED) is 0.842. The average molecular weight is 261 g/mol. The van der Waals surface area contributed by atoms with Crippen LogP contribution < -0.4 is 5.73 Å². The van der Waals surface area contributed by atoms with Gasteiger partial charge in [0.2, 0.25) is 0 Å². The predicted molar refractivity (Wildman–Crippen MR) is 75.1 cm³/mol. The van der Waals surface area contributed by atoms with Crippen LogP contribution in [0.2, 0.25) is 0 Å². The Bertz CT molecular complexity index is 482. The van der Waals surface area contributed by atoms with Gasteiger partial charge in [-0.05, 0) is 36.8 Å². The molecular formula is C15H16FNS. The second-order valence-corrected chi connectivity index (χ2v) is 5.48. The molecule has 94 valence electrons. The Labute approximate surface area is 111 Å². The zero-order valence-electron chi connectivity index (χ0n) is 10.2. The fraction of sp³-hybridized carbons (Fsp3) is 0.200. The minimum Gasteiger partial charge on any atom is -0.327 e. The van der Waals surface area contributed by atoms with Crippen molar-refractivity contribution < 1.29 is 4.39 Å². The molecule has 0 aliphatic carbocycles. The van der Waals surface area contributed by atoms with E-state index in [9.17, 15) is 4.39 Å². The number of nitrogens with two attached hydrogens (primary N) is 1. The normalized spacial score (nSPS) is 14.2. The fourth-order valence-corrected chi connectivity index (χ4v) is 2.88. The molecule has 0 heterocycles. The smallest absolute Gasteiger partial charge is 0.123 e. The summed E-state index contributed by atoms with van der Waals surface area (Å²) in [6, 6.07) is 16.7. The van der Waals surface area contributed by atoms with Crippen molar-refractivity contribution >= 4 is 11.8 Å². The maximum atomic E-state index is 12.9. The van der Waals surface area contributed by atoms with Crippen LogP contribution in [0.4, 0.5) is 4.39 Å². The molecule has 0 aliphatic rings. The van der Waals surface area contributed by atoms with E-state index in [0.29, 0.717) is 0 Å². The molecule has 0 radical (unpaired) electrons. The number of benzene rings is 2. The molecule has 1 nitrogen and oxygen atoms in total. The highest BCUT2D eigenvalue weighted by Crippen LogP contribution is 2.36. The fourth-order valence-electron chi connectivity index (χ4n) is 1.78. The monoisotopic (exact) mass is 261 g/mol. The molecule has 3 heteroatoms. The van der Waals surface area contributed by atoms with Gasteiger partial charge in [0.1, 0.15) is 5.82 Å². The van der Waals surface area contributed by atoms with Crippen molar-refractivity contribution in [2.24, 2.45) is 5.73 Å². The largest absolute Gasteiger partial charge is 0.327 e. The molecule has 0 saturated carbocycles. The molecule has 0 fully saturated rings. The average Bonchev–Trinajstić information content (AvgIpc) is 2.38. The van der Waals surface area contributed by atoms with Gasteiger partial charge in [0.15, 0.2) is 0 Å². The predicted octanol–water partition coefficient (Wildman–Crippen LogP) is 4.01. The van der Waals surface area contributed by atoms with Gasteiger partial charge < -0.3 is 5.73 Å². The van der Waals surface area contributed by atoms with E-state index in [0.717, 1.165) is 4.90 Å². The summed E-state index contributed by atoms with van der Waals surface area (Å²) in [5, 5.41) is 0.177. The number of halogens is 1. The van der Waals surface area contributed by atoms with Crippen LogP contribution in [-0.2, 0) is 0 Å². The van der Waals surface area contributed by atoms with Crippen molar-refractivity contribution in [2.45, 2.75) is 23.1 Å². The Balaban J connectivity index is 2.19. The van der Waals surface area contributed by atoms with Gasteiger partial charge in [-0.3, -0.25) is 0 Å². The molecule has 18 heavy (non-hydrogen) atoms. The van der Waals surface area contributed by atoms with Gasteiger partial charge in [-0.2, -0.15) is 0 Å². The van der Waals surface area contributed by atoms with Crippen LogP contribution in [0.1, 0.15) is 17.7 Å². The third-order valence-corrected chi connectivity index (χ3v) is 4.18. The van der Waals surface area contributed by atoms with E-state index in [2.05, 4.69) is 12.1 Å². The SMILES string of the molecule is CC(N)C(Sc1ccc(F)cc1)c1ccccc1. The van der Waals surface area contributed by atoms with E-state index in [1.807, 2.05) is 25.1 Å². The van der Waals surface area contributed by atoms with E-state index in [1.54, 1.807) is 23.9 Å². The van der Waals surface area contributed by atoms with Gasteiger partial charge in [-0.25, -0.2) is 4.39 Å². The van der Waals surface area contributed by atoms with Gasteiger partial charge in [-0.1, -0.05) is 30.3 Å². The lowest BCUT2D eigenvalue weighted by Gasteiger charge is -2.20. The van der Waals surface area contributed by atoms with Crippen molar-refractivity contribution in [1.29, 1.82) is 0 Å². The molecule has 2 aromatic carbocycles. The molecule has 2 unspecified atom stereocenters. The van der Waals surface area contributed by atoms with Crippen molar-refractivity contribution in [1.82, 2.24) is 0 Å². The third kappa shape index (κ3) is 3.34. The Morgan fingerprint density at radius 3 is 2.17 bits per heavy atom. The first kappa shape index (κ1) is 13.1. The van der Waals surface area contributed by atoms with Crippen LogP contribution in [0.15, 0.2) is 59.5 Å². The van der Waals surface area contributed by atoms with Gasteiger partial charge in [-0.15, -0.1) is 11.8 Å². The van der Waals surface area contributed by atoms with Crippen LogP contribution in [0.5, 0.6) is 0 Å². The molecule has 0 saturated heterocycles. The zero-order chi connectivity index (χ0) is 13.0. The van der Waals surface area contributed by atoms with E-state index in [4.69, 9.17) is 5.73 Å². The third-order valence-electron chi connectivity index (χ3n) is 2.68. The second kappa shape index (κ2) is 6.03. The maximum Gasteiger partial charge on any atom is 0.123 e. The molecular weight excluding hydrogens is 245 g/mol. The van der Waals surface area contributed by atoms with Crippen molar-refractivity contribution in [2.75, 3.05) is 0 Å². The van der Waals surface area contributed by atoms with Gasteiger partial charge in [0, 0.05) is 16.2 Å². The molecule has 0 amide bonds. The lowest BCUT2D eigenvalue weighted by atomic mass is 10.1. The summed E-state index contributed by atoms with van der Waals surface area (Å²) in [5.74, 6) is -0.212. The molecule has 2 rings (SSSR count). The van der Waals surface area contributed by atoms with Crippen LogP contribution >= 0.6 is 11.8 Å². The summed E-state index contributed by atoms with van der Waals surface area (Å²) >= 11 is 1.67. The van der Waals surface area contributed by atoms with Crippen LogP contribution in [0.3, 0.4) is 0 Å². The van der Waals surface area contributed by atoms with E-state index < -0.39 is 0 Å². The van der Waals surface area contributed by atoms with E-state index >= 15 is 0 Å². The topological polar surface area (TPSA) is 26.0 Å². The molecule has 0 aliphatic heterocycles. The summed E-state index contributed by atoms with van der Waals surface area (Å²) in [4.78, 5) is 1.03. The lowest BCUT2D eigenvalue weighted by molar-refractivity contribution is 0.626. The summed E-state index contributed by atoms with van der Waals surface area (Å²) in [6.45, 7) is 1.99. The number of thioether (sulfide) groups is 1. The maximum absolute atomic E-state index is 12.9. The minimum absolute atomic E-state index is 0.0300. The first-order valence-electron chi connectivity index (χ1n) is 5.89. The molecule has 2 N–H and O–H groups in total. The Morgan fingerprint density at radius 2 is 1.61 bits per heavy atom. The molecule has 0 aromatic heterocycles.